The molecular formula is C21H26ClN3O. The van der Waals surface area contributed by atoms with Crippen molar-refractivity contribution in [3.63, 3.8) is 0 Å². The first-order valence-corrected chi connectivity index (χ1v) is 9.42. The van der Waals surface area contributed by atoms with E-state index in [1.807, 2.05) is 30.0 Å². The molecule has 3 rings (SSSR count). The fourth-order valence-electron chi connectivity index (χ4n) is 3.34. The van der Waals surface area contributed by atoms with E-state index < -0.39 is 0 Å². The number of aryl methyl sites for hydroxylation is 2. The number of anilines is 2. The number of nitrogens with zero attached hydrogens (tertiary/aromatic N) is 2. The summed E-state index contributed by atoms with van der Waals surface area (Å²) in [6.07, 6.45) is 0. The number of nitrogens with one attached hydrogen (secondary N) is 1. The van der Waals surface area contributed by atoms with Crippen LogP contribution in [0, 0.1) is 20.8 Å². The maximum absolute atomic E-state index is 12.5. The molecule has 0 bridgehead atoms. The first kappa shape index (κ1) is 18.6. The van der Waals surface area contributed by atoms with E-state index in [-0.39, 0.29) is 5.91 Å². The second-order valence-electron chi connectivity index (χ2n) is 6.90. The molecule has 1 amide bonds. The predicted octanol–water partition coefficient (Wildman–Crippen LogP) is 4.03. The van der Waals surface area contributed by atoms with Crippen molar-refractivity contribution in [1.29, 1.82) is 0 Å². The summed E-state index contributed by atoms with van der Waals surface area (Å²) in [5.74, 6) is 0.130. The van der Waals surface area contributed by atoms with E-state index in [2.05, 4.69) is 42.3 Å². The Kier molecular flexibility index (Phi) is 5.72. The van der Waals surface area contributed by atoms with E-state index in [0.717, 1.165) is 37.4 Å². The van der Waals surface area contributed by atoms with Crippen LogP contribution >= 0.6 is 11.6 Å². The van der Waals surface area contributed by atoms with Crippen molar-refractivity contribution in [2.75, 3.05) is 42.9 Å². The molecule has 138 valence electrons. The molecule has 0 aromatic heterocycles. The molecular weight excluding hydrogens is 346 g/mol. The molecule has 0 unspecified atom stereocenters. The summed E-state index contributed by atoms with van der Waals surface area (Å²) in [6, 6.07) is 12.1. The average Bonchev–Trinajstić information content (AvgIpc) is 2.64. The molecule has 0 atom stereocenters. The van der Waals surface area contributed by atoms with Gasteiger partial charge in [0.25, 0.3) is 0 Å². The van der Waals surface area contributed by atoms with Crippen LogP contribution in [-0.2, 0) is 4.79 Å². The Hall–Kier alpha value is -2.20. The quantitative estimate of drug-likeness (QED) is 0.881. The molecule has 1 aliphatic heterocycles. The first-order chi connectivity index (χ1) is 12.5. The number of halogens is 1. The minimum absolute atomic E-state index is 0.130. The summed E-state index contributed by atoms with van der Waals surface area (Å²) in [4.78, 5) is 16.9. The summed E-state index contributed by atoms with van der Waals surface area (Å²) in [6.45, 7) is 9.85. The summed E-state index contributed by atoms with van der Waals surface area (Å²) in [5.41, 5.74) is 5.92. The van der Waals surface area contributed by atoms with Crippen molar-refractivity contribution in [1.82, 2.24) is 4.90 Å². The highest BCUT2D eigenvalue weighted by atomic mass is 35.5. The predicted molar refractivity (Wildman–Crippen MR) is 109 cm³/mol. The lowest BCUT2D eigenvalue weighted by atomic mass is 10.1. The lowest BCUT2D eigenvalue weighted by Crippen LogP contribution is -2.50. The minimum atomic E-state index is 0.130. The third-order valence-corrected chi connectivity index (χ3v) is 5.41. The Labute approximate surface area is 160 Å². The number of rotatable bonds is 4. The Bertz CT molecular complexity index is 798. The maximum atomic E-state index is 12.5. The zero-order chi connectivity index (χ0) is 18.7. The van der Waals surface area contributed by atoms with Crippen LogP contribution in [0.1, 0.15) is 16.7 Å². The third kappa shape index (κ3) is 4.13. The Morgan fingerprint density at radius 2 is 1.77 bits per heavy atom. The molecule has 1 saturated heterocycles. The van der Waals surface area contributed by atoms with Crippen LogP contribution in [0.4, 0.5) is 11.4 Å². The zero-order valence-electron chi connectivity index (χ0n) is 15.7. The van der Waals surface area contributed by atoms with Gasteiger partial charge in [0.05, 0.1) is 6.54 Å². The van der Waals surface area contributed by atoms with Gasteiger partial charge in [-0.25, -0.2) is 0 Å². The summed E-state index contributed by atoms with van der Waals surface area (Å²) in [5, 5.41) is 3.89. The summed E-state index contributed by atoms with van der Waals surface area (Å²) < 4.78 is 0. The van der Waals surface area contributed by atoms with Crippen LogP contribution in [0.5, 0.6) is 0 Å². The third-order valence-electron chi connectivity index (χ3n) is 5.18. The largest absolute Gasteiger partial charge is 0.376 e. The van der Waals surface area contributed by atoms with Crippen molar-refractivity contribution < 1.29 is 4.79 Å². The Balaban J connectivity index is 1.55. The highest BCUT2D eigenvalue weighted by molar-refractivity contribution is 6.30. The highest BCUT2D eigenvalue weighted by Crippen LogP contribution is 2.24. The number of hydrogen-bond donors (Lipinski definition) is 1. The fourth-order valence-corrected chi connectivity index (χ4v) is 3.51. The van der Waals surface area contributed by atoms with Crippen LogP contribution < -0.4 is 10.2 Å². The van der Waals surface area contributed by atoms with Gasteiger partial charge in [0, 0.05) is 42.6 Å². The van der Waals surface area contributed by atoms with Gasteiger partial charge in [-0.15, -0.1) is 0 Å². The van der Waals surface area contributed by atoms with Crippen molar-refractivity contribution >= 4 is 28.9 Å². The van der Waals surface area contributed by atoms with E-state index in [0.29, 0.717) is 11.6 Å². The molecule has 2 aromatic rings. The lowest BCUT2D eigenvalue weighted by molar-refractivity contribution is -0.129. The van der Waals surface area contributed by atoms with Crippen LogP contribution in [0.15, 0.2) is 36.4 Å². The number of hydrogen-bond acceptors (Lipinski definition) is 3. The first-order valence-electron chi connectivity index (χ1n) is 9.04. The van der Waals surface area contributed by atoms with E-state index in [9.17, 15) is 4.79 Å². The van der Waals surface area contributed by atoms with E-state index in [4.69, 9.17) is 11.6 Å². The Morgan fingerprint density at radius 1 is 1.04 bits per heavy atom. The molecule has 1 heterocycles. The monoisotopic (exact) mass is 371 g/mol. The van der Waals surface area contributed by atoms with Crippen molar-refractivity contribution in [2.45, 2.75) is 20.8 Å². The molecule has 0 saturated carbocycles. The van der Waals surface area contributed by atoms with Gasteiger partial charge in [-0.1, -0.05) is 29.8 Å². The summed E-state index contributed by atoms with van der Waals surface area (Å²) in [7, 11) is 0. The minimum Gasteiger partial charge on any atom is -0.376 e. The zero-order valence-corrected chi connectivity index (χ0v) is 16.4. The topological polar surface area (TPSA) is 35.6 Å². The van der Waals surface area contributed by atoms with Gasteiger partial charge in [0.15, 0.2) is 0 Å². The van der Waals surface area contributed by atoms with Gasteiger partial charge in [-0.05, 0) is 55.7 Å². The molecule has 2 aromatic carbocycles. The maximum Gasteiger partial charge on any atom is 0.241 e. The summed E-state index contributed by atoms with van der Waals surface area (Å²) >= 11 is 6.04. The molecule has 0 aliphatic carbocycles. The van der Waals surface area contributed by atoms with E-state index >= 15 is 0 Å². The highest BCUT2D eigenvalue weighted by Gasteiger charge is 2.22. The Morgan fingerprint density at radius 3 is 2.50 bits per heavy atom. The fraction of sp³-hybridized carbons (Fsp3) is 0.381. The van der Waals surface area contributed by atoms with Crippen LogP contribution in [0.2, 0.25) is 5.02 Å². The van der Waals surface area contributed by atoms with Gasteiger partial charge >= 0.3 is 0 Å². The normalized spacial score (nSPS) is 14.5. The SMILES string of the molecule is Cc1ccc(Cl)cc1NCC(=O)N1CCN(c2cccc(C)c2C)CC1. The van der Waals surface area contributed by atoms with Gasteiger partial charge in [0.1, 0.15) is 0 Å². The molecule has 1 fully saturated rings. The molecule has 26 heavy (non-hydrogen) atoms. The number of amides is 1. The second kappa shape index (κ2) is 8.00. The van der Waals surface area contributed by atoms with Gasteiger partial charge in [0.2, 0.25) is 5.91 Å². The number of carbonyl (C=O) groups excluding carboxylic acids is 1. The van der Waals surface area contributed by atoms with Gasteiger partial charge in [-0.2, -0.15) is 0 Å². The molecule has 1 N–H and O–H groups in total. The molecule has 4 nitrogen and oxygen atoms in total. The van der Waals surface area contributed by atoms with Crippen LogP contribution in [0.3, 0.4) is 0 Å². The van der Waals surface area contributed by atoms with E-state index in [1.54, 1.807) is 0 Å². The second-order valence-corrected chi connectivity index (χ2v) is 7.34. The average molecular weight is 372 g/mol. The molecule has 0 radical (unpaired) electrons. The van der Waals surface area contributed by atoms with Gasteiger partial charge in [-0.3, -0.25) is 4.79 Å². The van der Waals surface area contributed by atoms with Crippen LogP contribution in [0.25, 0.3) is 0 Å². The van der Waals surface area contributed by atoms with Gasteiger partial charge < -0.3 is 15.1 Å². The van der Waals surface area contributed by atoms with Crippen LogP contribution in [-0.4, -0.2) is 43.5 Å². The van der Waals surface area contributed by atoms with Crippen molar-refractivity contribution in [2.24, 2.45) is 0 Å². The molecule has 5 heteroatoms. The number of benzene rings is 2. The van der Waals surface area contributed by atoms with Crippen molar-refractivity contribution in [3.05, 3.63) is 58.1 Å². The number of piperazine rings is 1. The standard InChI is InChI=1S/C21H26ClN3O/c1-15-5-4-6-20(17(15)3)24-9-11-25(12-10-24)21(26)14-23-19-13-18(22)8-7-16(19)2/h4-8,13,23H,9-12,14H2,1-3H3. The van der Waals surface area contributed by atoms with E-state index in [1.165, 1.54) is 16.8 Å². The lowest BCUT2D eigenvalue weighted by Gasteiger charge is -2.37. The molecule has 0 spiro atoms. The smallest absolute Gasteiger partial charge is 0.241 e. The number of carbonyl (C=O) groups is 1. The molecule has 1 aliphatic rings. The van der Waals surface area contributed by atoms with Crippen molar-refractivity contribution in [3.8, 4) is 0 Å².